The summed E-state index contributed by atoms with van der Waals surface area (Å²) in [5.74, 6) is 2.14. The Hall–Kier alpha value is -2.88. The molecule has 4 rings (SSSR count). The summed E-state index contributed by atoms with van der Waals surface area (Å²) in [5, 5.41) is 12.0. The van der Waals surface area contributed by atoms with E-state index in [1.807, 2.05) is 48.5 Å². The van der Waals surface area contributed by atoms with Crippen LogP contribution in [0, 0.1) is 5.82 Å². The molecule has 1 aliphatic heterocycles. The van der Waals surface area contributed by atoms with Gasteiger partial charge >= 0.3 is 0 Å². The van der Waals surface area contributed by atoms with Gasteiger partial charge < -0.3 is 19.9 Å². The van der Waals surface area contributed by atoms with Crippen molar-refractivity contribution >= 4 is 39.5 Å². The third kappa shape index (κ3) is 7.82. The van der Waals surface area contributed by atoms with Crippen molar-refractivity contribution in [1.29, 1.82) is 0 Å². The van der Waals surface area contributed by atoms with Gasteiger partial charge in [-0.3, -0.25) is 4.79 Å². The number of nitrogens with zero attached hydrogens (tertiary/aromatic N) is 1. The third-order valence-corrected chi connectivity index (χ3v) is 7.54. The molecule has 0 unspecified atom stereocenters. The van der Waals surface area contributed by atoms with Gasteiger partial charge in [0.1, 0.15) is 18.2 Å². The number of amides is 1. The number of ether oxygens (including phenoxy) is 2. The molecule has 3 aromatic carbocycles. The maximum atomic E-state index is 13.5. The molecule has 9 heteroatoms. The summed E-state index contributed by atoms with van der Waals surface area (Å²) >= 11 is 5.13. The van der Waals surface area contributed by atoms with Gasteiger partial charge in [-0.1, -0.05) is 40.2 Å². The zero-order chi connectivity index (χ0) is 26.8. The Morgan fingerprint density at radius 3 is 2.50 bits per heavy atom. The summed E-state index contributed by atoms with van der Waals surface area (Å²) in [4.78, 5) is 18.3. The number of rotatable bonds is 13. The van der Waals surface area contributed by atoms with E-state index in [-0.39, 0.29) is 24.9 Å². The number of aliphatic imine (C=N–C) groups is 1. The second-order valence-corrected chi connectivity index (χ2v) is 10.9. The van der Waals surface area contributed by atoms with Crippen LogP contribution in [0.4, 0.5) is 4.39 Å². The molecule has 2 N–H and O–H groups in total. The van der Waals surface area contributed by atoms with Crippen LogP contribution in [0.15, 0.2) is 82.3 Å². The zero-order valence-corrected chi connectivity index (χ0v) is 23.3. The average molecular weight is 602 g/mol. The molecule has 6 nitrogen and oxygen atoms in total. The van der Waals surface area contributed by atoms with Gasteiger partial charge in [-0.15, -0.1) is 0 Å². The second-order valence-electron chi connectivity index (χ2n) is 8.93. The van der Waals surface area contributed by atoms with Gasteiger partial charge in [-0.05, 0) is 59.7 Å². The van der Waals surface area contributed by atoms with Gasteiger partial charge in [-0.25, -0.2) is 9.38 Å². The largest absolute Gasteiger partial charge is 0.494 e. The van der Waals surface area contributed by atoms with Crippen molar-refractivity contribution in [3.63, 3.8) is 0 Å². The molecular formula is C29H30BrFN2O4S. The Labute approximate surface area is 234 Å². The van der Waals surface area contributed by atoms with Gasteiger partial charge in [0, 0.05) is 47.5 Å². The van der Waals surface area contributed by atoms with E-state index in [9.17, 15) is 9.18 Å². The number of hydrogen-bond donors (Lipinski definition) is 2. The summed E-state index contributed by atoms with van der Waals surface area (Å²) < 4.78 is 25.6. The van der Waals surface area contributed by atoms with E-state index < -0.39 is 5.54 Å². The molecule has 1 aliphatic rings. The highest BCUT2D eigenvalue weighted by atomic mass is 79.9. The van der Waals surface area contributed by atoms with Crippen LogP contribution in [-0.2, 0) is 21.7 Å². The minimum absolute atomic E-state index is 0.0815. The van der Waals surface area contributed by atoms with E-state index in [2.05, 4.69) is 21.2 Å². The number of aliphatic hydroxyl groups is 1. The van der Waals surface area contributed by atoms with Crippen molar-refractivity contribution < 1.29 is 23.8 Å². The van der Waals surface area contributed by atoms with Crippen LogP contribution in [-0.4, -0.2) is 54.6 Å². The lowest BCUT2D eigenvalue weighted by Gasteiger charge is -2.23. The summed E-state index contributed by atoms with van der Waals surface area (Å²) in [6.45, 7) is 1.14. The molecule has 1 atom stereocenters. The highest BCUT2D eigenvalue weighted by molar-refractivity contribution is 9.10. The minimum Gasteiger partial charge on any atom is -0.494 e. The van der Waals surface area contributed by atoms with Crippen LogP contribution in [0.3, 0.4) is 0 Å². The SMILES string of the molecule is O=C(NCCSCc1ccc(F)cc1)[C@@]1(Cc2ccc(Br)cc2)COC(c2ccc(OCCCO)cc2)=N1. The van der Waals surface area contributed by atoms with E-state index in [1.54, 1.807) is 23.9 Å². The topological polar surface area (TPSA) is 80.2 Å². The summed E-state index contributed by atoms with van der Waals surface area (Å²) in [5.41, 5.74) is 1.70. The Morgan fingerprint density at radius 1 is 1.08 bits per heavy atom. The molecule has 0 aromatic heterocycles. The quantitative estimate of drug-likeness (QED) is 0.265. The van der Waals surface area contributed by atoms with E-state index >= 15 is 0 Å². The van der Waals surface area contributed by atoms with Crippen molar-refractivity contribution in [2.75, 3.05) is 32.1 Å². The molecule has 0 fully saturated rings. The first-order valence-electron chi connectivity index (χ1n) is 12.4. The predicted molar refractivity (Wildman–Crippen MR) is 152 cm³/mol. The van der Waals surface area contributed by atoms with Gasteiger partial charge in [0.15, 0.2) is 5.54 Å². The van der Waals surface area contributed by atoms with Crippen LogP contribution in [0.25, 0.3) is 0 Å². The molecule has 0 bridgehead atoms. The molecule has 38 heavy (non-hydrogen) atoms. The number of aliphatic hydroxyl groups excluding tert-OH is 1. The summed E-state index contributed by atoms with van der Waals surface area (Å²) in [6, 6.07) is 21.7. The molecule has 1 heterocycles. The predicted octanol–water partition coefficient (Wildman–Crippen LogP) is 5.16. The first-order chi connectivity index (χ1) is 18.5. The lowest BCUT2D eigenvalue weighted by molar-refractivity contribution is -0.126. The monoisotopic (exact) mass is 600 g/mol. The van der Waals surface area contributed by atoms with Gasteiger partial charge in [-0.2, -0.15) is 11.8 Å². The fraction of sp³-hybridized carbons (Fsp3) is 0.310. The summed E-state index contributed by atoms with van der Waals surface area (Å²) in [7, 11) is 0. The van der Waals surface area contributed by atoms with Crippen molar-refractivity contribution in [3.05, 3.63) is 99.8 Å². The van der Waals surface area contributed by atoms with Gasteiger partial charge in [0.2, 0.25) is 5.90 Å². The molecular weight excluding hydrogens is 571 g/mol. The fourth-order valence-electron chi connectivity index (χ4n) is 3.94. The van der Waals surface area contributed by atoms with Crippen molar-refractivity contribution in [2.24, 2.45) is 4.99 Å². The van der Waals surface area contributed by atoms with Crippen molar-refractivity contribution in [2.45, 2.75) is 24.1 Å². The zero-order valence-electron chi connectivity index (χ0n) is 20.9. The maximum Gasteiger partial charge on any atom is 0.252 e. The first-order valence-corrected chi connectivity index (χ1v) is 14.3. The number of carbonyl (C=O) groups is 1. The highest BCUT2D eigenvalue weighted by Gasteiger charge is 2.44. The molecule has 0 saturated heterocycles. The van der Waals surface area contributed by atoms with Gasteiger partial charge in [0.25, 0.3) is 5.91 Å². The minimum atomic E-state index is -1.08. The van der Waals surface area contributed by atoms with Crippen molar-refractivity contribution in [1.82, 2.24) is 5.32 Å². The second kappa shape index (κ2) is 13.8. The van der Waals surface area contributed by atoms with Crippen molar-refractivity contribution in [3.8, 4) is 5.75 Å². The molecule has 200 valence electrons. The number of hydrogen-bond acceptors (Lipinski definition) is 6. The van der Waals surface area contributed by atoms with E-state index in [4.69, 9.17) is 19.6 Å². The standard InChI is InChI=1S/C29H30BrFN2O4S/c30-24-8-2-21(3-9-24)18-29(28(35)32-14-17-38-19-22-4-10-25(31)11-5-22)20-37-27(33-29)23-6-12-26(13-7-23)36-16-1-15-34/h2-13,34H,1,14-20H2,(H,32,35)/t29-/m1/s1. The van der Waals surface area contributed by atoms with Gasteiger partial charge in [0.05, 0.1) is 6.61 Å². The van der Waals surface area contributed by atoms with Crippen LogP contribution in [0.2, 0.25) is 0 Å². The van der Waals surface area contributed by atoms with Crippen LogP contribution in [0.1, 0.15) is 23.1 Å². The maximum absolute atomic E-state index is 13.5. The third-order valence-electron chi connectivity index (χ3n) is 5.98. The number of carbonyl (C=O) groups excluding carboxylic acids is 1. The Bertz CT molecular complexity index is 1220. The Balaban J connectivity index is 1.42. The smallest absolute Gasteiger partial charge is 0.252 e. The Morgan fingerprint density at radius 2 is 1.79 bits per heavy atom. The molecule has 0 aliphatic carbocycles. The fourth-order valence-corrected chi connectivity index (χ4v) is 5.03. The van der Waals surface area contributed by atoms with Crippen LogP contribution < -0.4 is 10.1 Å². The number of nitrogens with one attached hydrogen (secondary N) is 1. The lowest BCUT2D eigenvalue weighted by atomic mass is 9.91. The molecule has 1 amide bonds. The van der Waals surface area contributed by atoms with Crippen LogP contribution >= 0.6 is 27.7 Å². The summed E-state index contributed by atoms with van der Waals surface area (Å²) in [6.07, 6.45) is 0.969. The van der Waals surface area contributed by atoms with E-state index in [0.29, 0.717) is 43.4 Å². The number of halogens is 2. The average Bonchev–Trinajstić information content (AvgIpc) is 3.36. The highest BCUT2D eigenvalue weighted by Crippen LogP contribution is 2.28. The molecule has 0 radical (unpaired) electrons. The number of thioether (sulfide) groups is 1. The van der Waals surface area contributed by atoms with E-state index in [0.717, 1.165) is 26.9 Å². The molecule has 0 saturated carbocycles. The Kier molecular flexibility index (Phi) is 10.2. The van der Waals surface area contributed by atoms with E-state index in [1.165, 1.54) is 12.1 Å². The number of benzene rings is 3. The normalized spacial score (nSPS) is 16.6. The van der Waals surface area contributed by atoms with Crippen LogP contribution in [0.5, 0.6) is 5.75 Å². The molecule has 3 aromatic rings. The molecule has 0 spiro atoms. The lowest BCUT2D eigenvalue weighted by Crippen LogP contribution is -2.49. The first kappa shape index (κ1) is 28.1.